The highest BCUT2D eigenvalue weighted by atomic mass is 35.5. The molecule has 3 rings (SSSR count). The van der Waals surface area contributed by atoms with Crippen molar-refractivity contribution in [3.8, 4) is 0 Å². The lowest BCUT2D eigenvalue weighted by molar-refractivity contribution is -0.156. The second kappa shape index (κ2) is 9.84. The molecule has 2 aromatic rings. The highest BCUT2D eigenvalue weighted by molar-refractivity contribution is 6.30. The molecule has 7 heteroatoms. The van der Waals surface area contributed by atoms with E-state index in [0.29, 0.717) is 24.5 Å². The van der Waals surface area contributed by atoms with Crippen molar-refractivity contribution in [2.24, 2.45) is 17.1 Å². The molecule has 0 aliphatic carbocycles. The van der Waals surface area contributed by atoms with Gasteiger partial charge in [-0.1, -0.05) is 74.8 Å². The number of nitrogens with two attached hydrogens (primary N) is 1. The number of carbonyl (C=O) groups is 2. The molecule has 178 valence electrons. The summed E-state index contributed by atoms with van der Waals surface area (Å²) in [7, 11) is 0. The highest BCUT2D eigenvalue weighted by Gasteiger charge is 2.50. The van der Waals surface area contributed by atoms with Crippen LogP contribution in [0.1, 0.15) is 51.3 Å². The fourth-order valence-corrected chi connectivity index (χ4v) is 4.65. The van der Waals surface area contributed by atoms with Crippen molar-refractivity contribution in [1.82, 2.24) is 10.2 Å². The lowest BCUT2D eigenvalue weighted by Crippen LogP contribution is -2.58. The van der Waals surface area contributed by atoms with E-state index < -0.39 is 23.0 Å². The summed E-state index contributed by atoms with van der Waals surface area (Å²) in [6, 6.07) is 15.2. The summed E-state index contributed by atoms with van der Waals surface area (Å²) in [5, 5.41) is 15.1. The number of hydrogen-bond donors (Lipinski definition) is 3. The van der Waals surface area contributed by atoms with Crippen LogP contribution in [-0.2, 0) is 15.2 Å². The van der Waals surface area contributed by atoms with E-state index in [9.17, 15) is 14.7 Å². The zero-order valence-electron chi connectivity index (χ0n) is 19.7. The number of rotatable bonds is 6. The summed E-state index contributed by atoms with van der Waals surface area (Å²) in [6.45, 7) is 8.40. The Morgan fingerprint density at radius 2 is 1.70 bits per heavy atom. The maximum atomic E-state index is 13.3. The molecule has 4 N–H and O–H groups in total. The maximum absolute atomic E-state index is 13.3. The van der Waals surface area contributed by atoms with Crippen molar-refractivity contribution >= 4 is 23.4 Å². The van der Waals surface area contributed by atoms with Crippen molar-refractivity contribution in [3.63, 3.8) is 0 Å². The maximum Gasteiger partial charge on any atom is 0.241 e. The molecular weight excluding hydrogens is 438 g/mol. The summed E-state index contributed by atoms with van der Waals surface area (Å²) in [5.74, 6) is -0.804. The molecule has 0 spiro atoms. The summed E-state index contributed by atoms with van der Waals surface area (Å²) in [5.41, 5.74) is 5.97. The Morgan fingerprint density at radius 1 is 1.09 bits per heavy atom. The Labute approximate surface area is 201 Å². The number of nitrogens with zero attached hydrogens (tertiary/aromatic N) is 1. The van der Waals surface area contributed by atoms with Gasteiger partial charge in [0, 0.05) is 29.6 Å². The van der Waals surface area contributed by atoms with Gasteiger partial charge in [-0.3, -0.25) is 9.59 Å². The van der Waals surface area contributed by atoms with E-state index >= 15 is 0 Å². The summed E-state index contributed by atoms with van der Waals surface area (Å²) >= 11 is 6.01. The molecule has 1 heterocycles. The molecule has 6 nitrogen and oxygen atoms in total. The van der Waals surface area contributed by atoms with Crippen LogP contribution in [0.5, 0.6) is 0 Å². The number of amides is 2. The van der Waals surface area contributed by atoms with Gasteiger partial charge < -0.3 is 21.1 Å². The molecule has 1 fully saturated rings. The van der Waals surface area contributed by atoms with Gasteiger partial charge in [0.1, 0.15) is 6.04 Å². The minimum atomic E-state index is -1.07. The van der Waals surface area contributed by atoms with Gasteiger partial charge in [-0.15, -0.1) is 0 Å². The molecule has 0 saturated carbocycles. The SMILES string of the molecule is CC(NC(=O)[C@H](N)c1ccccc1)[C@@H](C)C(=O)N1CC[C@](O)(c2ccc(Cl)cc2)C(C)(C)C1. The molecule has 1 unspecified atom stereocenters. The Balaban J connectivity index is 1.65. The summed E-state index contributed by atoms with van der Waals surface area (Å²) in [6.07, 6.45) is 0.416. The number of nitrogens with one attached hydrogen (secondary N) is 1. The first-order valence-electron chi connectivity index (χ1n) is 11.3. The highest BCUT2D eigenvalue weighted by Crippen LogP contribution is 2.46. The number of halogens is 1. The molecule has 2 aromatic carbocycles. The topological polar surface area (TPSA) is 95.7 Å². The Kier molecular flexibility index (Phi) is 7.52. The van der Waals surface area contributed by atoms with Crippen LogP contribution >= 0.6 is 11.6 Å². The molecule has 1 saturated heterocycles. The van der Waals surface area contributed by atoms with Crippen LogP contribution in [0.3, 0.4) is 0 Å². The number of aliphatic hydroxyl groups is 1. The third-order valence-corrected chi connectivity index (χ3v) is 7.29. The second-order valence-corrected chi connectivity index (χ2v) is 10.2. The molecule has 2 amide bonds. The van der Waals surface area contributed by atoms with Gasteiger partial charge in [0.15, 0.2) is 0 Å². The van der Waals surface area contributed by atoms with Crippen LogP contribution in [0.4, 0.5) is 0 Å². The van der Waals surface area contributed by atoms with E-state index in [1.54, 1.807) is 29.2 Å². The van der Waals surface area contributed by atoms with Crippen molar-refractivity contribution in [2.45, 2.75) is 51.8 Å². The third-order valence-electron chi connectivity index (χ3n) is 7.03. The largest absolute Gasteiger partial charge is 0.384 e. The molecule has 4 atom stereocenters. The first-order chi connectivity index (χ1) is 15.5. The van der Waals surface area contributed by atoms with Gasteiger partial charge in [0.25, 0.3) is 0 Å². The van der Waals surface area contributed by atoms with Gasteiger partial charge >= 0.3 is 0 Å². The van der Waals surface area contributed by atoms with Crippen LogP contribution in [0.2, 0.25) is 5.02 Å². The Hall–Kier alpha value is -2.41. The minimum Gasteiger partial charge on any atom is -0.384 e. The fourth-order valence-electron chi connectivity index (χ4n) is 4.52. The standard InChI is InChI=1S/C26H34ClN3O3/c1-17(18(2)29-23(31)22(28)19-8-6-5-7-9-19)24(32)30-15-14-26(33,25(3,4)16-30)20-10-12-21(27)13-11-20/h5-13,17-18,22,33H,14-16,28H2,1-4H3,(H,29,31)/t17-,18?,22-,26+/m1/s1. The first-order valence-corrected chi connectivity index (χ1v) is 11.7. The van der Waals surface area contributed by atoms with Crippen molar-refractivity contribution in [3.05, 3.63) is 70.7 Å². The van der Waals surface area contributed by atoms with Gasteiger partial charge in [-0.25, -0.2) is 0 Å². The van der Waals surface area contributed by atoms with Crippen LogP contribution in [0.15, 0.2) is 54.6 Å². The smallest absolute Gasteiger partial charge is 0.241 e. The number of hydrogen-bond acceptors (Lipinski definition) is 4. The van der Waals surface area contributed by atoms with Crippen LogP contribution in [-0.4, -0.2) is 41.0 Å². The zero-order valence-corrected chi connectivity index (χ0v) is 20.5. The van der Waals surface area contributed by atoms with E-state index in [-0.39, 0.29) is 17.9 Å². The quantitative estimate of drug-likeness (QED) is 0.599. The predicted molar refractivity (Wildman–Crippen MR) is 130 cm³/mol. The average molecular weight is 472 g/mol. The fraction of sp³-hybridized carbons (Fsp3) is 0.462. The van der Waals surface area contributed by atoms with E-state index in [2.05, 4.69) is 5.32 Å². The van der Waals surface area contributed by atoms with Crippen molar-refractivity contribution in [2.75, 3.05) is 13.1 Å². The number of benzene rings is 2. The number of carbonyl (C=O) groups excluding carboxylic acids is 2. The number of likely N-dealkylation sites (tertiary alicyclic amines) is 1. The molecular formula is C26H34ClN3O3. The average Bonchev–Trinajstić information content (AvgIpc) is 2.80. The van der Waals surface area contributed by atoms with E-state index in [1.165, 1.54) is 0 Å². The van der Waals surface area contributed by atoms with Gasteiger partial charge in [0.05, 0.1) is 11.5 Å². The molecule has 1 aliphatic heterocycles. The van der Waals surface area contributed by atoms with Gasteiger partial charge in [-0.2, -0.15) is 0 Å². The van der Waals surface area contributed by atoms with E-state index in [4.69, 9.17) is 17.3 Å². The van der Waals surface area contributed by atoms with Gasteiger partial charge in [-0.05, 0) is 36.6 Å². The van der Waals surface area contributed by atoms with Crippen LogP contribution in [0, 0.1) is 11.3 Å². The zero-order chi connectivity index (χ0) is 24.4. The lowest BCUT2D eigenvalue weighted by Gasteiger charge is -2.51. The monoisotopic (exact) mass is 471 g/mol. The second-order valence-electron chi connectivity index (χ2n) is 9.74. The minimum absolute atomic E-state index is 0.0534. The summed E-state index contributed by atoms with van der Waals surface area (Å²) < 4.78 is 0. The lowest BCUT2D eigenvalue weighted by atomic mass is 9.66. The predicted octanol–water partition coefficient (Wildman–Crippen LogP) is 3.63. The van der Waals surface area contributed by atoms with Crippen molar-refractivity contribution < 1.29 is 14.7 Å². The van der Waals surface area contributed by atoms with Gasteiger partial charge in [0.2, 0.25) is 11.8 Å². The molecule has 0 radical (unpaired) electrons. The Bertz CT molecular complexity index is 980. The van der Waals surface area contributed by atoms with E-state index in [1.807, 2.05) is 58.0 Å². The van der Waals surface area contributed by atoms with Crippen molar-refractivity contribution in [1.29, 1.82) is 0 Å². The molecule has 33 heavy (non-hydrogen) atoms. The van der Waals surface area contributed by atoms with Crippen LogP contribution < -0.4 is 11.1 Å². The molecule has 0 bridgehead atoms. The van der Waals surface area contributed by atoms with Crippen LogP contribution in [0.25, 0.3) is 0 Å². The number of piperidine rings is 1. The normalized spacial score (nSPS) is 22.8. The third kappa shape index (κ3) is 5.24. The Morgan fingerprint density at radius 3 is 2.27 bits per heavy atom. The molecule has 0 aromatic heterocycles. The summed E-state index contributed by atoms with van der Waals surface area (Å²) in [4.78, 5) is 27.7. The first kappa shape index (κ1) is 25.2. The van der Waals surface area contributed by atoms with E-state index in [0.717, 1.165) is 11.1 Å². The molecule has 1 aliphatic rings.